The van der Waals surface area contributed by atoms with Crippen LogP contribution in [0.5, 0.6) is 0 Å². The number of esters is 1. The maximum absolute atomic E-state index is 12.4. The summed E-state index contributed by atoms with van der Waals surface area (Å²) in [5.74, 6) is 0.0977. The van der Waals surface area contributed by atoms with Crippen LogP contribution in [-0.2, 0) is 14.3 Å². The number of thioether (sulfide) groups is 1. The smallest absolute Gasteiger partial charge is 0.307 e. The van der Waals surface area contributed by atoms with E-state index in [1.54, 1.807) is 4.90 Å². The first-order valence-electron chi connectivity index (χ1n) is 6.42. The molecule has 2 fully saturated rings. The molecule has 2 amide bonds. The van der Waals surface area contributed by atoms with Crippen molar-refractivity contribution in [1.29, 1.82) is 0 Å². The summed E-state index contributed by atoms with van der Waals surface area (Å²) >= 11 is 1.13. The van der Waals surface area contributed by atoms with Crippen LogP contribution >= 0.6 is 11.8 Å². The molecular formula is C12H18N2O4S. The molecule has 0 saturated carbocycles. The maximum atomic E-state index is 12.4. The van der Waals surface area contributed by atoms with Crippen LogP contribution in [0.25, 0.3) is 0 Å². The lowest BCUT2D eigenvalue weighted by molar-refractivity contribution is -0.145. The Bertz CT molecular complexity index is 388. The van der Waals surface area contributed by atoms with Gasteiger partial charge in [-0.15, -0.1) is 0 Å². The van der Waals surface area contributed by atoms with Crippen molar-refractivity contribution in [2.24, 2.45) is 0 Å². The van der Waals surface area contributed by atoms with Crippen LogP contribution in [0.3, 0.4) is 0 Å². The van der Waals surface area contributed by atoms with Crippen molar-refractivity contribution in [2.75, 3.05) is 19.4 Å². The zero-order valence-electron chi connectivity index (χ0n) is 10.9. The zero-order chi connectivity index (χ0) is 13.8. The largest absolute Gasteiger partial charge is 0.469 e. The average Bonchev–Trinajstić information content (AvgIpc) is 2.85. The van der Waals surface area contributed by atoms with E-state index in [2.05, 4.69) is 10.1 Å². The van der Waals surface area contributed by atoms with E-state index in [1.807, 2.05) is 0 Å². The van der Waals surface area contributed by atoms with Gasteiger partial charge in [-0.2, -0.15) is 0 Å². The van der Waals surface area contributed by atoms with E-state index >= 15 is 0 Å². The minimum atomic E-state index is -0.448. The Morgan fingerprint density at radius 2 is 2.26 bits per heavy atom. The number of ether oxygens (including phenoxy) is 1. The third-order valence-corrected chi connectivity index (χ3v) is 4.39. The minimum Gasteiger partial charge on any atom is -0.469 e. The molecule has 2 unspecified atom stereocenters. The van der Waals surface area contributed by atoms with E-state index in [-0.39, 0.29) is 29.6 Å². The van der Waals surface area contributed by atoms with Gasteiger partial charge in [0.05, 0.1) is 13.5 Å². The molecule has 1 N–H and O–H groups in total. The van der Waals surface area contributed by atoms with Crippen molar-refractivity contribution >= 4 is 28.9 Å². The molecule has 2 saturated heterocycles. The van der Waals surface area contributed by atoms with Crippen molar-refractivity contribution in [2.45, 2.75) is 37.8 Å². The monoisotopic (exact) mass is 286 g/mol. The molecule has 106 valence electrons. The summed E-state index contributed by atoms with van der Waals surface area (Å²) in [7, 11) is 1.35. The average molecular weight is 286 g/mol. The summed E-state index contributed by atoms with van der Waals surface area (Å²) in [6.45, 7) is 0.650. The molecule has 0 spiro atoms. The second-order valence-electron chi connectivity index (χ2n) is 4.76. The minimum absolute atomic E-state index is 0.0769. The lowest BCUT2D eigenvalue weighted by atomic mass is 9.98. The Balaban J connectivity index is 2.00. The highest BCUT2D eigenvalue weighted by Crippen LogP contribution is 2.23. The van der Waals surface area contributed by atoms with Crippen molar-refractivity contribution in [3.63, 3.8) is 0 Å². The van der Waals surface area contributed by atoms with Crippen molar-refractivity contribution in [3.8, 4) is 0 Å². The Morgan fingerprint density at radius 1 is 1.47 bits per heavy atom. The molecule has 0 aromatic heterocycles. The highest BCUT2D eigenvalue weighted by Gasteiger charge is 2.36. The zero-order valence-corrected chi connectivity index (χ0v) is 11.7. The number of piperidine rings is 1. The van der Waals surface area contributed by atoms with Crippen molar-refractivity contribution in [3.05, 3.63) is 0 Å². The molecule has 6 nitrogen and oxygen atoms in total. The van der Waals surface area contributed by atoms with Crippen LogP contribution in [0, 0.1) is 0 Å². The highest BCUT2D eigenvalue weighted by atomic mass is 32.2. The Morgan fingerprint density at radius 3 is 2.89 bits per heavy atom. The fourth-order valence-electron chi connectivity index (χ4n) is 2.50. The fraction of sp³-hybridized carbons (Fsp3) is 0.750. The van der Waals surface area contributed by atoms with Crippen LogP contribution in [0.1, 0.15) is 25.7 Å². The van der Waals surface area contributed by atoms with Crippen LogP contribution < -0.4 is 5.32 Å². The van der Waals surface area contributed by atoms with Crippen molar-refractivity contribution in [1.82, 2.24) is 10.2 Å². The third kappa shape index (κ3) is 3.40. The highest BCUT2D eigenvalue weighted by molar-refractivity contribution is 8.14. The number of hydrogen-bond donors (Lipinski definition) is 1. The number of amides is 2. The van der Waals surface area contributed by atoms with E-state index in [4.69, 9.17) is 0 Å². The predicted octanol–water partition coefficient (Wildman–Crippen LogP) is 0.756. The van der Waals surface area contributed by atoms with Gasteiger partial charge in [-0.05, 0) is 19.3 Å². The molecule has 2 atom stereocenters. The Hall–Kier alpha value is -1.24. The molecule has 2 rings (SSSR count). The third-order valence-electron chi connectivity index (χ3n) is 3.51. The number of nitrogens with zero attached hydrogens (tertiary/aromatic N) is 1. The SMILES string of the molecule is COC(=O)CC1CCCCN1C(=O)C1CSC(=O)N1. The lowest BCUT2D eigenvalue weighted by Crippen LogP contribution is -2.52. The van der Waals surface area contributed by atoms with E-state index in [9.17, 15) is 14.4 Å². The molecular weight excluding hydrogens is 268 g/mol. The summed E-state index contributed by atoms with van der Waals surface area (Å²) in [5, 5.41) is 2.50. The summed E-state index contributed by atoms with van der Waals surface area (Å²) < 4.78 is 4.67. The van der Waals surface area contributed by atoms with Crippen LogP contribution in [0.15, 0.2) is 0 Å². The number of carbonyl (C=O) groups is 3. The number of rotatable bonds is 3. The van der Waals surface area contributed by atoms with E-state index in [1.165, 1.54) is 7.11 Å². The molecule has 7 heteroatoms. The molecule has 0 aromatic rings. The molecule has 0 radical (unpaired) electrons. The first-order chi connectivity index (χ1) is 9.11. The molecule has 0 bridgehead atoms. The number of nitrogens with one attached hydrogen (secondary N) is 1. The predicted molar refractivity (Wildman–Crippen MR) is 70.8 cm³/mol. The van der Waals surface area contributed by atoms with Gasteiger partial charge in [-0.3, -0.25) is 14.4 Å². The summed E-state index contributed by atoms with van der Waals surface area (Å²) in [4.78, 5) is 36.6. The van der Waals surface area contributed by atoms with Gasteiger partial charge in [-0.25, -0.2) is 0 Å². The summed E-state index contributed by atoms with van der Waals surface area (Å²) in [6.07, 6.45) is 3.00. The summed E-state index contributed by atoms with van der Waals surface area (Å²) in [5.41, 5.74) is 0. The number of likely N-dealkylation sites (tertiary alicyclic amines) is 1. The van der Waals surface area contributed by atoms with Gasteiger partial charge in [0.25, 0.3) is 5.24 Å². The van der Waals surface area contributed by atoms with Crippen LogP contribution in [0.2, 0.25) is 0 Å². The maximum Gasteiger partial charge on any atom is 0.307 e. The van der Waals surface area contributed by atoms with Gasteiger partial charge in [0.15, 0.2) is 0 Å². The number of hydrogen-bond acceptors (Lipinski definition) is 5. The number of carbonyl (C=O) groups excluding carboxylic acids is 3. The fourth-order valence-corrected chi connectivity index (χ4v) is 3.27. The number of methoxy groups -OCH3 is 1. The normalized spacial score (nSPS) is 27.0. The Labute approximate surface area is 116 Å². The second-order valence-corrected chi connectivity index (χ2v) is 5.75. The first-order valence-corrected chi connectivity index (χ1v) is 7.41. The molecule has 2 aliphatic rings. The van der Waals surface area contributed by atoms with Crippen LogP contribution in [0.4, 0.5) is 4.79 Å². The topological polar surface area (TPSA) is 75.7 Å². The van der Waals surface area contributed by atoms with Gasteiger partial charge in [0, 0.05) is 18.3 Å². The van der Waals surface area contributed by atoms with E-state index < -0.39 is 6.04 Å². The van der Waals surface area contributed by atoms with E-state index in [0.29, 0.717) is 12.3 Å². The summed E-state index contributed by atoms with van der Waals surface area (Å²) in [6, 6.07) is -0.549. The van der Waals surface area contributed by atoms with Crippen molar-refractivity contribution < 1.29 is 19.1 Å². The first kappa shape index (κ1) is 14.2. The van der Waals surface area contributed by atoms with Gasteiger partial charge in [-0.1, -0.05) is 11.8 Å². The molecule has 2 aliphatic heterocycles. The second kappa shape index (κ2) is 6.27. The van der Waals surface area contributed by atoms with Gasteiger partial charge in [0.2, 0.25) is 5.91 Å². The molecule has 2 heterocycles. The quantitative estimate of drug-likeness (QED) is 0.775. The van der Waals surface area contributed by atoms with E-state index in [0.717, 1.165) is 31.0 Å². The van der Waals surface area contributed by atoms with Gasteiger partial charge < -0.3 is 15.0 Å². The van der Waals surface area contributed by atoms with Gasteiger partial charge >= 0.3 is 5.97 Å². The Kier molecular flexibility index (Phi) is 4.68. The molecule has 0 aliphatic carbocycles. The van der Waals surface area contributed by atoms with Gasteiger partial charge in [0.1, 0.15) is 6.04 Å². The van der Waals surface area contributed by atoms with Crippen LogP contribution in [-0.4, -0.2) is 53.5 Å². The standard InChI is InChI=1S/C12H18N2O4S/c1-18-10(15)6-8-4-2-3-5-14(8)11(16)9-7-19-12(17)13-9/h8-9H,2-7H2,1H3,(H,13,17). The molecule has 0 aromatic carbocycles. The lowest BCUT2D eigenvalue weighted by Gasteiger charge is -2.36. The molecule has 19 heavy (non-hydrogen) atoms.